The molecule has 0 radical (unpaired) electrons. The highest BCUT2D eigenvalue weighted by Gasteiger charge is 2.22. The van der Waals surface area contributed by atoms with Crippen molar-refractivity contribution in [1.82, 2.24) is 4.90 Å². The molecule has 0 aromatic heterocycles. The molecule has 4 aromatic carbocycles. The SMILES string of the molecule is CCCCCCCCCCCCOc1cc(/C=C/c2ccc(/C=C/c3ccc(/C=C/c4ccc(C5CCCN5C)cc4)cc3)cc2)cc(OCCCCCCCCCCCC)c1OCCCCCCCCCCCC. The summed E-state index contributed by atoms with van der Waals surface area (Å²) in [6.07, 6.45) is 55.0. The average Bonchev–Trinajstić information content (AvgIpc) is 3.88. The van der Waals surface area contributed by atoms with Crippen molar-refractivity contribution >= 4 is 36.5 Å². The van der Waals surface area contributed by atoms with Crippen molar-refractivity contribution in [3.05, 3.63) is 124 Å². The first-order chi connectivity index (χ1) is 37.1. The molecule has 1 aliphatic rings. The van der Waals surface area contributed by atoms with Gasteiger partial charge in [0.2, 0.25) is 5.75 Å². The predicted molar refractivity (Wildman–Crippen MR) is 329 cm³/mol. The zero-order chi connectivity index (χ0) is 52.6. The summed E-state index contributed by atoms with van der Waals surface area (Å²) in [4.78, 5) is 2.47. The minimum atomic E-state index is 0.563. The van der Waals surface area contributed by atoms with Gasteiger partial charge in [0.15, 0.2) is 11.5 Å². The van der Waals surface area contributed by atoms with Gasteiger partial charge in [-0.15, -0.1) is 0 Å². The van der Waals surface area contributed by atoms with Gasteiger partial charge < -0.3 is 14.2 Å². The molecule has 5 rings (SSSR count). The maximum Gasteiger partial charge on any atom is 0.203 e. The van der Waals surface area contributed by atoms with Gasteiger partial charge in [-0.2, -0.15) is 0 Å². The van der Waals surface area contributed by atoms with Gasteiger partial charge in [0.25, 0.3) is 0 Å². The zero-order valence-corrected chi connectivity index (χ0v) is 48.3. The Balaban J connectivity index is 1.19. The van der Waals surface area contributed by atoms with E-state index in [1.54, 1.807) is 0 Å². The van der Waals surface area contributed by atoms with Gasteiger partial charge in [0.1, 0.15) is 0 Å². The molecular weight excluding hydrogens is 915 g/mol. The lowest BCUT2D eigenvalue weighted by Gasteiger charge is -2.19. The minimum Gasteiger partial charge on any atom is -0.490 e. The largest absolute Gasteiger partial charge is 0.490 e. The van der Waals surface area contributed by atoms with E-state index in [2.05, 4.69) is 154 Å². The third-order valence-electron chi connectivity index (χ3n) is 15.4. The highest BCUT2D eigenvalue weighted by molar-refractivity contribution is 5.75. The molecule has 75 heavy (non-hydrogen) atoms. The van der Waals surface area contributed by atoms with Gasteiger partial charge in [-0.1, -0.05) is 303 Å². The number of unbranched alkanes of at least 4 members (excludes halogenated alkanes) is 27. The molecule has 1 aliphatic heterocycles. The minimum absolute atomic E-state index is 0.563. The fourth-order valence-electron chi connectivity index (χ4n) is 10.5. The van der Waals surface area contributed by atoms with E-state index in [1.165, 1.54) is 221 Å². The molecule has 0 N–H and O–H groups in total. The molecule has 1 unspecified atom stereocenters. The zero-order valence-electron chi connectivity index (χ0n) is 48.3. The first-order valence-corrected chi connectivity index (χ1v) is 31.2. The predicted octanol–water partition coefficient (Wildman–Crippen LogP) is 21.9. The second-order valence-corrected chi connectivity index (χ2v) is 22.1. The van der Waals surface area contributed by atoms with Crippen LogP contribution in [-0.4, -0.2) is 38.3 Å². The van der Waals surface area contributed by atoms with Crippen molar-refractivity contribution in [3.63, 3.8) is 0 Å². The first-order valence-electron chi connectivity index (χ1n) is 31.2. The van der Waals surface area contributed by atoms with E-state index in [-0.39, 0.29) is 0 Å². The van der Waals surface area contributed by atoms with Crippen molar-refractivity contribution in [2.24, 2.45) is 0 Å². The Morgan fingerprint density at radius 2 is 0.640 bits per heavy atom. The van der Waals surface area contributed by atoms with Crippen LogP contribution in [0.4, 0.5) is 0 Å². The van der Waals surface area contributed by atoms with Gasteiger partial charge in [0, 0.05) is 6.04 Å². The number of rotatable bonds is 43. The van der Waals surface area contributed by atoms with Crippen LogP contribution in [0.3, 0.4) is 0 Å². The number of benzene rings is 4. The summed E-state index contributed by atoms with van der Waals surface area (Å²) in [7, 11) is 2.24. The molecule has 0 bridgehead atoms. The topological polar surface area (TPSA) is 30.9 Å². The van der Waals surface area contributed by atoms with Gasteiger partial charge in [0.05, 0.1) is 19.8 Å². The first kappa shape index (κ1) is 61.3. The van der Waals surface area contributed by atoms with E-state index >= 15 is 0 Å². The van der Waals surface area contributed by atoms with E-state index < -0.39 is 0 Å². The van der Waals surface area contributed by atoms with Crippen LogP contribution in [0.15, 0.2) is 84.9 Å². The van der Waals surface area contributed by atoms with Crippen LogP contribution in [0, 0.1) is 0 Å². The normalized spacial score (nSPS) is 14.1. The summed E-state index contributed by atoms with van der Waals surface area (Å²) in [5.74, 6) is 2.43. The standard InChI is InChI=1S/C71H105NO3/c1-5-8-11-14-17-20-23-26-29-32-56-73-69-59-66(60-70(74-57-33-30-27-24-21-18-15-12-9-6-2)71(69)75-58-34-31-28-25-22-19-16-13-10-7-3)50-49-64-45-43-62(44-46-64)38-37-61-39-41-63(42-40-61)47-48-65-51-53-67(54-52-65)68-36-35-55-72(68)4/h37-54,59-60,68H,5-36,55-58H2,1-4H3/b38-37+,48-47+,50-49+. The van der Waals surface area contributed by atoms with Gasteiger partial charge in [-0.3, -0.25) is 4.90 Å². The molecular formula is C71H105NO3. The maximum atomic E-state index is 6.69. The number of likely N-dealkylation sites (tertiary alicyclic amines) is 1. The van der Waals surface area contributed by atoms with E-state index in [4.69, 9.17) is 14.2 Å². The van der Waals surface area contributed by atoms with Crippen LogP contribution in [-0.2, 0) is 0 Å². The smallest absolute Gasteiger partial charge is 0.203 e. The molecule has 0 amide bonds. The van der Waals surface area contributed by atoms with Crippen LogP contribution in [0.1, 0.15) is 271 Å². The summed E-state index contributed by atoms with van der Waals surface area (Å²) >= 11 is 0. The third-order valence-corrected chi connectivity index (χ3v) is 15.4. The summed E-state index contributed by atoms with van der Waals surface area (Å²) < 4.78 is 20.1. The Morgan fingerprint density at radius 1 is 0.360 bits per heavy atom. The number of nitrogens with zero attached hydrogens (tertiary/aromatic N) is 1. The van der Waals surface area contributed by atoms with Crippen LogP contribution >= 0.6 is 0 Å². The monoisotopic (exact) mass is 1020 g/mol. The number of hydrogen-bond donors (Lipinski definition) is 0. The lowest BCUT2D eigenvalue weighted by Crippen LogP contribution is -2.17. The van der Waals surface area contributed by atoms with Crippen molar-refractivity contribution in [1.29, 1.82) is 0 Å². The quantitative estimate of drug-likeness (QED) is 0.0327. The molecule has 412 valence electrons. The van der Waals surface area contributed by atoms with Gasteiger partial charge in [-0.05, 0) is 96.8 Å². The summed E-state index contributed by atoms with van der Waals surface area (Å²) in [5, 5.41) is 0. The fourth-order valence-corrected chi connectivity index (χ4v) is 10.5. The second-order valence-electron chi connectivity index (χ2n) is 22.1. The molecule has 4 nitrogen and oxygen atoms in total. The van der Waals surface area contributed by atoms with Crippen LogP contribution in [0.2, 0.25) is 0 Å². The molecule has 0 aliphatic carbocycles. The highest BCUT2D eigenvalue weighted by Crippen LogP contribution is 2.40. The van der Waals surface area contributed by atoms with Crippen LogP contribution in [0.5, 0.6) is 17.2 Å². The summed E-state index contributed by atoms with van der Waals surface area (Å²) in [6.45, 7) is 10.2. The molecule has 1 saturated heterocycles. The molecule has 4 aromatic rings. The average molecular weight is 1020 g/mol. The Bertz CT molecular complexity index is 2070. The van der Waals surface area contributed by atoms with Crippen molar-refractivity contribution in [2.45, 2.75) is 232 Å². The van der Waals surface area contributed by atoms with E-state index in [9.17, 15) is 0 Å². The Kier molecular flexibility index (Phi) is 32.5. The lowest BCUT2D eigenvalue weighted by atomic mass is 10.0. The Hall–Kier alpha value is -4.54. The molecule has 4 heteroatoms. The molecule has 1 atom stereocenters. The van der Waals surface area contributed by atoms with Gasteiger partial charge in [-0.25, -0.2) is 0 Å². The van der Waals surface area contributed by atoms with Crippen molar-refractivity contribution in [3.8, 4) is 17.2 Å². The van der Waals surface area contributed by atoms with E-state index in [1.807, 2.05) is 0 Å². The summed E-state index contributed by atoms with van der Waals surface area (Å²) in [5.41, 5.74) is 8.47. The lowest BCUT2D eigenvalue weighted by molar-refractivity contribution is 0.234. The fraction of sp³-hybridized carbons (Fsp3) is 0.577. The summed E-state index contributed by atoms with van der Waals surface area (Å²) in [6, 6.07) is 31.6. The van der Waals surface area contributed by atoms with E-state index in [0.29, 0.717) is 25.9 Å². The molecule has 0 saturated carbocycles. The Labute approximate surface area is 460 Å². The van der Waals surface area contributed by atoms with Crippen molar-refractivity contribution in [2.75, 3.05) is 33.4 Å². The third kappa shape index (κ3) is 26.4. The molecule has 1 fully saturated rings. The van der Waals surface area contributed by atoms with Crippen molar-refractivity contribution < 1.29 is 14.2 Å². The Morgan fingerprint density at radius 3 is 0.947 bits per heavy atom. The number of hydrogen-bond acceptors (Lipinski definition) is 4. The van der Waals surface area contributed by atoms with Crippen LogP contribution in [0.25, 0.3) is 36.5 Å². The second kappa shape index (κ2) is 39.8. The van der Waals surface area contributed by atoms with Crippen LogP contribution < -0.4 is 14.2 Å². The van der Waals surface area contributed by atoms with Gasteiger partial charge >= 0.3 is 0 Å². The van der Waals surface area contributed by atoms with E-state index in [0.717, 1.165) is 47.6 Å². The molecule has 1 heterocycles. The number of ether oxygens (including phenoxy) is 3. The highest BCUT2D eigenvalue weighted by atomic mass is 16.5. The molecule has 0 spiro atoms. The maximum absolute atomic E-state index is 6.69.